The van der Waals surface area contributed by atoms with Gasteiger partial charge in [0.05, 0.1) is 12.1 Å². The molecule has 130 valence electrons. The first-order valence-electron chi connectivity index (χ1n) is 9.35. The van der Waals surface area contributed by atoms with Crippen LogP contribution >= 0.6 is 0 Å². The first kappa shape index (κ1) is 16.1. The van der Waals surface area contributed by atoms with Crippen LogP contribution in [0.15, 0.2) is 30.3 Å². The Bertz CT molecular complexity index is 581. The molecule has 4 heteroatoms. The number of nitrogens with zero attached hydrogens (tertiary/aromatic N) is 2. The number of carbonyl (C=O) groups excluding carboxylic acids is 1. The van der Waals surface area contributed by atoms with Crippen molar-refractivity contribution in [2.45, 2.75) is 50.8 Å². The molecule has 1 aromatic carbocycles. The van der Waals surface area contributed by atoms with Gasteiger partial charge in [0, 0.05) is 18.5 Å². The zero-order chi connectivity index (χ0) is 16.7. The number of hydrogen-bond donors (Lipinski definition) is 0. The summed E-state index contributed by atoms with van der Waals surface area (Å²) in [5.74, 6) is 1.27. The standard InChI is InChI=1S/C20H28N2O2/c1-14(2)24-13-18(23)22-12-17(15-6-4-3-5-7-15)20-19(22)16-8-10-21(20)11-9-16/h3-7,14,16-17,19-20H,8-13H2,1-2H3/t17-,19-,20-/m1/s1. The average molecular weight is 328 g/mol. The molecule has 1 aromatic rings. The van der Waals surface area contributed by atoms with Gasteiger partial charge in [-0.1, -0.05) is 30.3 Å². The number of benzene rings is 1. The van der Waals surface area contributed by atoms with E-state index in [1.54, 1.807) is 0 Å². The molecule has 0 aromatic heterocycles. The third-order valence-corrected chi connectivity index (χ3v) is 6.08. The average Bonchev–Trinajstić information content (AvgIpc) is 3.04. The van der Waals surface area contributed by atoms with Gasteiger partial charge in [-0.2, -0.15) is 0 Å². The normalized spacial score (nSPS) is 34.6. The fourth-order valence-corrected chi connectivity index (χ4v) is 5.02. The number of likely N-dealkylation sites (tertiary alicyclic amines) is 1. The monoisotopic (exact) mass is 328 g/mol. The van der Waals surface area contributed by atoms with Crippen LogP contribution in [-0.4, -0.2) is 60.1 Å². The van der Waals surface area contributed by atoms with Crippen molar-refractivity contribution in [3.8, 4) is 0 Å². The number of ether oxygens (including phenoxy) is 1. The van der Waals surface area contributed by atoms with Crippen LogP contribution in [-0.2, 0) is 9.53 Å². The number of hydrogen-bond acceptors (Lipinski definition) is 3. The van der Waals surface area contributed by atoms with Gasteiger partial charge in [-0.05, 0) is 51.3 Å². The summed E-state index contributed by atoms with van der Waals surface area (Å²) >= 11 is 0. The molecule has 1 amide bonds. The minimum Gasteiger partial charge on any atom is -0.369 e. The van der Waals surface area contributed by atoms with E-state index in [1.807, 2.05) is 13.8 Å². The first-order valence-corrected chi connectivity index (χ1v) is 9.35. The lowest BCUT2D eigenvalue weighted by Gasteiger charge is -2.51. The van der Waals surface area contributed by atoms with Crippen molar-refractivity contribution in [1.29, 1.82) is 0 Å². The van der Waals surface area contributed by atoms with Crippen LogP contribution in [0.4, 0.5) is 0 Å². The Hall–Kier alpha value is -1.39. The second-order valence-corrected chi connectivity index (χ2v) is 7.78. The summed E-state index contributed by atoms with van der Waals surface area (Å²) in [5, 5.41) is 0. The SMILES string of the molecule is CC(C)OCC(=O)N1C[C@H](c2ccccc2)[C@@H]2[C@H]1C1CCN2CC1. The number of piperidine rings is 3. The topological polar surface area (TPSA) is 32.8 Å². The quantitative estimate of drug-likeness (QED) is 0.851. The van der Waals surface area contributed by atoms with Gasteiger partial charge in [-0.25, -0.2) is 0 Å². The Morgan fingerprint density at radius 2 is 1.88 bits per heavy atom. The van der Waals surface area contributed by atoms with E-state index in [-0.39, 0.29) is 18.6 Å². The van der Waals surface area contributed by atoms with E-state index in [9.17, 15) is 4.79 Å². The molecule has 0 N–H and O–H groups in total. The van der Waals surface area contributed by atoms with Crippen molar-refractivity contribution in [1.82, 2.24) is 9.80 Å². The second kappa shape index (κ2) is 6.49. The second-order valence-electron chi connectivity index (χ2n) is 7.78. The molecule has 0 aliphatic carbocycles. The van der Waals surface area contributed by atoms with Crippen LogP contribution < -0.4 is 0 Å². The highest BCUT2D eigenvalue weighted by atomic mass is 16.5. The van der Waals surface area contributed by atoms with Gasteiger partial charge in [0.2, 0.25) is 5.91 Å². The molecule has 24 heavy (non-hydrogen) atoms. The largest absolute Gasteiger partial charge is 0.369 e. The van der Waals surface area contributed by atoms with Crippen LogP contribution in [0.5, 0.6) is 0 Å². The lowest BCUT2D eigenvalue weighted by atomic mass is 9.75. The molecule has 2 bridgehead atoms. The molecule has 3 atom stereocenters. The van der Waals surface area contributed by atoms with E-state index in [1.165, 1.54) is 31.5 Å². The van der Waals surface area contributed by atoms with Gasteiger partial charge in [-0.15, -0.1) is 0 Å². The molecule has 4 nitrogen and oxygen atoms in total. The van der Waals surface area contributed by atoms with Gasteiger partial charge in [-0.3, -0.25) is 9.69 Å². The number of carbonyl (C=O) groups is 1. The third kappa shape index (κ3) is 2.76. The van der Waals surface area contributed by atoms with Crippen molar-refractivity contribution in [2.24, 2.45) is 5.92 Å². The molecule has 4 heterocycles. The highest BCUT2D eigenvalue weighted by molar-refractivity contribution is 5.78. The molecular weight excluding hydrogens is 300 g/mol. The van der Waals surface area contributed by atoms with Crippen LogP contribution in [0.25, 0.3) is 0 Å². The summed E-state index contributed by atoms with van der Waals surface area (Å²) in [4.78, 5) is 17.6. The molecule has 0 spiro atoms. The molecule has 4 aliphatic heterocycles. The molecule has 5 rings (SSSR count). The van der Waals surface area contributed by atoms with Crippen LogP contribution in [0.3, 0.4) is 0 Å². The van der Waals surface area contributed by atoms with Crippen LogP contribution in [0.2, 0.25) is 0 Å². The minimum atomic E-state index is 0.101. The van der Waals surface area contributed by atoms with Crippen molar-refractivity contribution in [3.05, 3.63) is 35.9 Å². The Labute approximate surface area is 144 Å². The Morgan fingerprint density at radius 1 is 1.17 bits per heavy atom. The molecule has 0 saturated carbocycles. The summed E-state index contributed by atoms with van der Waals surface area (Å²) in [5.41, 5.74) is 1.38. The van der Waals surface area contributed by atoms with Crippen molar-refractivity contribution >= 4 is 5.91 Å². The predicted octanol–water partition coefficient (Wildman–Crippen LogP) is 2.50. The van der Waals surface area contributed by atoms with Gasteiger partial charge in [0.25, 0.3) is 0 Å². The van der Waals surface area contributed by atoms with Crippen molar-refractivity contribution < 1.29 is 9.53 Å². The third-order valence-electron chi connectivity index (χ3n) is 6.08. The highest BCUT2D eigenvalue weighted by Crippen LogP contribution is 2.46. The Kier molecular flexibility index (Phi) is 4.35. The van der Waals surface area contributed by atoms with Gasteiger partial charge < -0.3 is 9.64 Å². The molecule has 0 unspecified atom stereocenters. The van der Waals surface area contributed by atoms with E-state index in [0.29, 0.717) is 23.9 Å². The first-order chi connectivity index (χ1) is 11.6. The molecule has 4 saturated heterocycles. The maximum atomic E-state index is 12.8. The van der Waals surface area contributed by atoms with E-state index in [2.05, 4.69) is 40.1 Å². The minimum absolute atomic E-state index is 0.101. The molecular formula is C20H28N2O2. The highest BCUT2D eigenvalue weighted by Gasteiger charge is 2.54. The Morgan fingerprint density at radius 3 is 2.54 bits per heavy atom. The molecule has 4 aliphatic rings. The summed E-state index contributed by atoms with van der Waals surface area (Å²) in [6, 6.07) is 11.6. The Balaban J connectivity index is 1.60. The fourth-order valence-electron chi connectivity index (χ4n) is 5.02. The smallest absolute Gasteiger partial charge is 0.248 e. The number of amides is 1. The number of rotatable bonds is 4. The molecule has 4 fully saturated rings. The van der Waals surface area contributed by atoms with E-state index in [4.69, 9.17) is 4.74 Å². The molecule has 0 radical (unpaired) electrons. The van der Waals surface area contributed by atoms with Gasteiger partial charge in [0.1, 0.15) is 6.61 Å². The van der Waals surface area contributed by atoms with Gasteiger partial charge >= 0.3 is 0 Å². The van der Waals surface area contributed by atoms with Crippen molar-refractivity contribution in [2.75, 3.05) is 26.2 Å². The van der Waals surface area contributed by atoms with Crippen LogP contribution in [0, 0.1) is 5.92 Å². The summed E-state index contributed by atoms with van der Waals surface area (Å²) in [6.45, 7) is 7.42. The summed E-state index contributed by atoms with van der Waals surface area (Å²) in [7, 11) is 0. The lowest BCUT2D eigenvalue weighted by Crippen LogP contribution is -2.61. The predicted molar refractivity (Wildman–Crippen MR) is 93.9 cm³/mol. The van der Waals surface area contributed by atoms with E-state index in [0.717, 1.165) is 6.54 Å². The summed E-state index contributed by atoms with van der Waals surface area (Å²) in [6.07, 6.45) is 2.57. The lowest BCUT2D eigenvalue weighted by molar-refractivity contribution is -0.142. The zero-order valence-electron chi connectivity index (χ0n) is 14.7. The van der Waals surface area contributed by atoms with E-state index >= 15 is 0 Å². The van der Waals surface area contributed by atoms with Gasteiger partial charge in [0.15, 0.2) is 0 Å². The maximum Gasteiger partial charge on any atom is 0.248 e. The maximum absolute atomic E-state index is 12.8. The fraction of sp³-hybridized carbons (Fsp3) is 0.650. The number of fused-ring (bicyclic) bond motifs is 2. The van der Waals surface area contributed by atoms with Crippen LogP contribution in [0.1, 0.15) is 38.2 Å². The summed E-state index contributed by atoms with van der Waals surface area (Å²) < 4.78 is 5.61. The van der Waals surface area contributed by atoms with E-state index < -0.39 is 0 Å². The van der Waals surface area contributed by atoms with Crippen molar-refractivity contribution in [3.63, 3.8) is 0 Å². The zero-order valence-corrected chi connectivity index (χ0v) is 14.7.